The second-order valence-electron chi connectivity index (χ2n) is 7.49. The van der Waals surface area contributed by atoms with Crippen LogP contribution in [0.4, 0.5) is 0 Å². The molecule has 150 valence electrons. The van der Waals surface area contributed by atoms with E-state index in [2.05, 4.69) is 52.3 Å². The lowest BCUT2D eigenvalue weighted by Gasteiger charge is -2.44. The number of hydrogen-bond acceptors (Lipinski definition) is 4. The Bertz CT molecular complexity index is 794. The quantitative estimate of drug-likeness (QED) is 0.738. The van der Waals surface area contributed by atoms with Gasteiger partial charge in [-0.1, -0.05) is 42.5 Å². The lowest BCUT2D eigenvalue weighted by molar-refractivity contribution is -0.131. The smallest absolute Gasteiger partial charge is 0.237 e. The van der Waals surface area contributed by atoms with Crippen molar-refractivity contribution in [2.24, 2.45) is 0 Å². The lowest BCUT2D eigenvalue weighted by atomic mass is 10.00. The van der Waals surface area contributed by atoms with Gasteiger partial charge in [0.25, 0.3) is 0 Å². The summed E-state index contributed by atoms with van der Waals surface area (Å²) in [5.41, 5.74) is 1.34. The Morgan fingerprint density at radius 3 is 2.50 bits per heavy atom. The Morgan fingerprint density at radius 2 is 1.68 bits per heavy atom. The molecule has 2 aromatic carbocycles. The third kappa shape index (κ3) is 4.18. The number of halogens is 1. The van der Waals surface area contributed by atoms with Crippen LogP contribution < -0.4 is 0 Å². The molecular formula is C22H28ClN3O2. The van der Waals surface area contributed by atoms with Crippen LogP contribution in [0, 0.1) is 0 Å². The summed E-state index contributed by atoms with van der Waals surface area (Å²) in [5, 5.41) is 2.58. The van der Waals surface area contributed by atoms with Crippen molar-refractivity contribution in [3.63, 3.8) is 0 Å². The number of alkyl halides is 1. The Labute approximate surface area is 171 Å². The molecule has 2 saturated heterocycles. The predicted octanol–water partition coefficient (Wildman–Crippen LogP) is 2.94. The van der Waals surface area contributed by atoms with Crippen molar-refractivity contribution in [2.45, 2.75) is 12.6 Å². The van der Waals surface area contributed by atoms with Crippen LogP contribution in [0.25, 0.3) is 10.8 Å². The average molecular weight is 402 g/mol. The predicted molar refractivity (Wildman–Crippen MR) is 113 cm³/mol. The zero-order valence-corrected chi connectivity index (χ0v) is 17.0. The molecule has 28 heavy (non-hydrogen) atoms. The molecule has 0 N–H and O–H groups in total. The summed E-state index contributed by atoms with van der Waals surface area (Å²) in [7, 11) is 0. The molecule has 2 aromatic rings. The first-order valence-corrected chi connectivity index (χ1v) is 10.7. The van der Waals surface area contributed by atoms with Gasteiger partial charge in [-0.2, -0.15) is 0 Å². The van der Waals surface area contributed by atoms with E-state index in [-0.39, 0.29) is 18.0 Å². The van der Waals surface area contributed by atoms with Gasteiger partial charge < -0.3 is 9.64 Å². The Balaban J connectivity index is 1.65. The number of fused-ring (bicyclic) bond motifs is 1. The Hall–Kier alpha value is -1.66. The summed E-state index contributed by atoms with van der Waals surface area (Å²) in [6, 6.07) is 15.2. The number of nitrogens with zero attached hydrogens (tertiary/aromatic N) is 3. The standard InChI is InChI=1S/C22H28ClN3O2/c23-17-21(27)24-10-12-26(13-11-24)22(25-9-4-15-28-16-14-25)20-8-3-6-18-5-1-2-7-19(18)20/h1-3,5-8,22H,4,9-17H2/t22-/m0/s1. The third-order valence-electron chi connectivity index (χ3n) is 5.83. The first-order chi connectivity index (χ1) is 13.8. The van der Waals surface area contributed by atoms with Crippen molar-refractivity contribution in [3.8, 4) is 0 Å². The van der Waals surface area contributed by atoms with Crippen molar-refractivity contribution in [2.75, 3.05) is 58.4 Å². The molecule has 1 amide bonds. The molecule has 0 spiro atoms. The molecule has 2 fully saturated rings. The van der Waals surface area contributed by atoms with E-state index >= 15 is 0 Å². The number of hydrogen-bond donors (Lipinski definition) is 0. The van der Waals surface area contributed by atoms with Crippen molar-refractivity contribution >= 4 is 28.3 Å². The monoisotopic (exact) mass is 401 g/mol. The minimum Gasteiger partial charge on any atom is -0.380 e. The molecule has 1 atom stereocenters. The summed E-state index contributed by atoms with van der Waals surface area (Å²) in [5.74, 6) is 0.0992. The van der Waals surface area contributed by atoms with Crippen LogP contribution in [-0.2, 0) is 9.53 Å². The van der Waals surface area contributed by atoms with Crippen LogP contribution in [0.15, 0.2) is 42.5 Å². The summed E-state index contributed by atoms with van der Waals surface area (Å²) >= 11 is 5.76. The minimum absolute atomic E-state index is 0.0335. The van der Waals surface area contributed by atoms with Crippen molar-refractivity contribution in [3.05, 3.63) is 48.0 Å². The molecule has 0 saturated carbocycles. The van der Waals surface area contributed by atoms with Gasteiger partial charge in [-0.05, 0) is 22.8 Å². The van der Waals surface area contributed by atoms with Gasteiger partial charge >= 0.3 is 0 Å². The zero-order chi connectivity index (χ0) is 19.3. The maximum atomic E-state index is 12.0. The maximum Gasteiger partial charge on any atom is 0.237 e. The number of amides is 1. The molecular weight excluding hydrogens is 374 g/mol. The van der Waals surface area contributed by atoms with Gasteiger partial charge in [0, 0.05) is 45.9 Å². The summed E-state index contributed by atoms with van der Waals surface area (Å²) in [4.78, 5) is 18.9. The summed E-state index contributed by atoms with van der Waals surface area (Å²) in [6.07, 6.45) is 1.24. The second-order valence-corrected chi connectivity index (χ2v) is 7.76. The second kappa shape index (κ2) is 9.23. The fraction of sp³-hybridized carbons (Fsp3) is 0.500. The van der Waals surface area contributed by atoms with Crippen LogP contribution in [0.5, 0.6) is 0 Å². The molecule has 0 radical (unpaired) electrons. The normalized spacial score (nSPS) is 20.8. The van der Waals surface area contributed by atoms with Gasteiger partial charge in [-0.25, -0.2) is 0 Å². The highest BCUT2D eigenvalue weighted by molar-refractivity contribution is 6.27. The SMILES string of the molecule is O=C(CCl)N1CCN([C@@H](c2cccc3ccccc23)N2CCCOCC2)CC1. The van der Waals surface area contributed by atoms with Gasteiger partial charge in [0.05, 0.1) is 12.8 Å². The largest absolute Gasteiger partial charge is 0.380 e. The number of ether oxygens (including phenoxy) is 1. The lowest BCUT2D eigenvalue weighted by Crippen LogP contribution is -2.53. The number of benzene rings is 2. The fourth-order valence-electron chi connectivity index (χ4n) is 4.41. The van der Waals surface area contributed by atoms with Gasteiger partial charge in [-0.3, -0.25) is 14.6 Å². The Morgan fingerprint density at radius 1 is 0.929 bits per heavy atom. The van der Waals surface area contributed by atoms with E-state index in [1.807, 2.05) is 4.90 Å². The molecule has 0 aromatic heterocycles. The van der Waals surface area contributed by atoms with Crippen LogP contribution in [0.2, 0.25) is 0 Å². The van der Waals surface area contributed by atoms with Crippen LogP contribution in [-0.4, -0.2) is 79.0 Å². The van der Waals surface area contributed by atoms with Gasteiger partial charge in [0.2, 0.25) is 5.91 Å². The van der Waals surface area contributed by atoms with Crippen LogP contribution in [0.1, 0.15) is 18.2 Å². The van der Waals surface area contributed by atoms with E-state index in [4.69, 9.17) is 16.3 Å². The molecule has 0 aliphatic carbocycles. The van der Waals surface area contributed by atoms with E-state index in [1.54, 1.807) is 0 Å². The Kier molecular flexibility index (Phi) is 6.47. The van der Waals surface area contributed by atoms with E-state index in [0.717, 1.165) is 58.9 Å². The van der Waals surface area contributed by atoms with E-state index in [1.165, 1.54) is 16.3 Å². The van der Waals surface area contributed by atoms with Gasteiger partial charge in [0.15, 0.2) is 0 Å². The molecule has 0 unspecified atom stereocenters. The van der Waals surface area contributed by atoms with Crippen molar-refractivity contribution in [1.29, 1.82) is 0 Å². The van der Waals surface area contributed by atoms with Gasteiger partial charge in [0.1, 0.15) is 5.88 Å². The zero-order valence-electron chi connectivity index (χ0n) is 16.2. The topological polar surface area (TPSA) is 36.0 Å². The molecule has 2 aliphatic heterocycles. The highest BCUT2D eigenvalue weighted by Crippen LogP contribution is 2.32. The number of piperazine rings is 1. The van der Waals surface area contributed by atoms with Gasteiger partial charge in [-0.15, -0.1) is 11.6 Å². The number of rotatable bonds is 4. The van der Waals surface area contributed by atoms with E-state index in [0.29, 0.717) is 0 Å². The minimum atomic E-state index is 0.0335. The first kappa shape index (κ1) is 19.6. The number of carbonyl (C=O) groups excluding carboxylic acids is 1. The molecule has 4 rings (SSSR count). The van der Waals surface area contributed by atoms with Crippen LogP contribution in [0.3, 0.4) is 0 Å². The highest BCUT2D eigenvalue weighted by atomic mass is 35.5. The van der Waals surface area contributed by atoms with E-state index in [9.17, 15) is 4.79 Å². The maximum absolute atomic E-state index is 12.0. The van der Waals surface area contributed by atoms with E-state index < -0.39 is 0 Å². The average Bonchev–Trinajstić information content (AvgIpc) is 3.03. The highest BCUT2D eigenvalue weighted by Gasteiger charge is 2.32. The molecule has 0 bridgehead atoms. The molecule has 5 nitrogen and oxygen atoms in total. The molecule has 2 heterocycles. The summed E-state index contributed by atoms with van der Waals surface area (Å²) in [6.45, 7) is 6.72. The first-order valence-electron chi connectivity index (χ1n) is 10.1. The third-order valence-corrected chi connectivity index (χ3v) is 6.06. The molecule has 2 aliphatic rings. The number of carbonyl (C=O) groups is 1. The fourth-order valence-corrected chi connectivity index (χ4v) is 4.58. The van der Waals surface area contributed by atoms with Crippen LogP contribution >= 0.6 is 11.6 Å². The van der Waals surface area contributed by atoms with Crippen molar-refractivity contribution in [1.82, 2.24) is 14.7 Å². The summed E-state index contributed by atoms with van der Waals surface area (Å²) < 4.78 is 5.72. The molecule has 6 heteroatoms. The van der Waals surface area contributed by atoms with Crippen molar-refractivity contribution < 1.29 is 9.53 Å².